The second kappa shape index (κ2) is 7.41. The molecule has 1 rings (SSSR count). The van der Waals surface area contributed by atoms with Crippen LogP contribution >= 0.6 is 0 Å². The SMILES string of the molecule is CCOc1ccc(CNC(=O)CCC(=O)O)cc1C. The Morgan fingerprint density at radius 2 is 2.05 bits per heavy atom. The second-order valence-corrected chi connectivity index (χ2v) is 4.20. The van der Waals surface area contributed by atoms with Crippen LogP contribution in [-0.2, 0) is 16.1 Å². The van der Waals surface area contributed by atoms with E-state index >= 15 is 0 Å². The highest BCUT2D eigenvalue weighted by atomic mass is 16.5. The van der Waals surface area contributed by atoms with Gasteiger partial charge >= 0.3 is 5.97 Å². The van der Waals surface area contributed by atoms with Gasteiger partial charge in [0.15, 0.2) is 0 Å². The minimum Gasteiger partial charge on any atom is -0.494 e. The smallest absolute Gasteiger partial charge is 0.303 e. The number of benzene rings is 1. The third-order valence-corrected chi connectivity index (χ3v) is 2.59. The Hall–Kier alpha value is -2.04. The van der Waals surface area contributed by atoms with Crippen molar-refractivity contribution in [1.82, 2.24) is 5.32 Å². The number of carboxylic acids is 1. The zero-order valence-electron chi connectivity index (χ0n) is 11.2. The summed E-state index contributed by atoms with van der Waals surface area (Å²) < 4.78 is 5.43. The van der Waals surface area contributed by atoms with Crippen molar-refractivity contribution in [3.05, 3.63) is 29.3 Å². The molecule has 0 fully saturated rings. The maximum absolute atomic E-state index is 11.4. The third-order valence-electron chi connectivity index (χ3n) is 2.59. The van der Waals surface area contributed by atoms with Gasteiger partial charge in [-0.15, -0.1) is 0 Å². The second-order valence-electron chi connectivity index (χ2n) is 4.20. The number of ether oxygens (including phenoxy) is 1. The topological polar surface area (TPSA) is 75.6 Å². The van der Waals surface area contributed by atoms with E-state index in [4.69, 9.17) is 9.84 Å². The molecule has 5 nitrogen and oxygen atoms in total. The summed E-state index contributed by atoms with van der Waals surface area (Å²) >= 11 is 0. The highest BCUT2D eigenvalue weighted by Crippen LogP contribution is 2.18. The van der Waals surface area contributed by atoms with Crippen LogP contribution in [0, 0.1) is 6.92 Å². The Kier molecular flexibility index (Phi) is 5.85. The first-order valence-electron chi connectivity index (χ1n) is 6.23. The van der Waals surface area contributed by atoms with Crippen LogP contribution in [0.25, 0.3) is 0 Å². The lowest BCUT2D eigenvalue weighted by Crippen LogP contribution is -2.23. The molecule has 0 saturated carbocycles. The van der Waals surface area contributed by atoms with E-state index < -0.39 is 5.97 Å². The molecule has 0 heterocycles. The van der Waals surface area contributed by atoms with Gasteiger partial charge < -0.3 is 15.2 Å². The van der Waals surface area contributed by atoms with Gasteiger partial charge in [-0.1, -0.05) is 12.1 Å². The molecule has 19 heavy (non-hydrogen) atoms. The molecule has 0 saturated heterocycles. The first-order chi connectivity index (χ1) is 9.02. The number of carbonyl (C=O) groups is 2. The summed E-state index contributed by atoms with van der Waals surface area (Å²) in [6.45, 7) is 4.88. The summed E-state index contributed by atoms with van der Waals surface area (Å²) in [5.74, 6) is -0.385. The summed E-state index contributed by atoms with van der Waals surface area (Å²) in [6.07, 6.45) is -0.139. The van der Waals surface area contributed by atoms with Gasteiger partial charge in [0, 0.05) is 13.0 Å². The molecule has 1 amide bonds. The minimum absolute atomic E-state index is 0.00530. The summed E-state index contributed by atoms with van der Waals surface area (Å²) in [5, 5.41) is 11.2. The lowest BCUT2D eigenvalue weighted by Gasteiger charge is -2.09. The first kappa shape index (κ1) is 15.0. The van der Waals surface area contributed by atoms with Crippen LogP contribution in [-0.4, -0.2) is 23.6 Å². The zero-order chi connectivity index (χ0) is 14.3. The fourth-order valence-electron chi connectivity index (χ4n) is 1.65. The zero-order valence-corrected chi connectivity index (χ0v) is 11.2. The summed E-state index contributed by atoms with van der Waals surface area (Å²) in [5.41, 5.74) is 1.98. The number of carbonyl (C=O) groups excluding carboxylic acids is 1. The molecule has 5 heteroatoms. The van der Waals surface area contributed by atoms with Gasteiger partial charge in [0.05, 0.1) is 13.0 Å². The number of amides is 1. The Morgan fingerprint density at radius 1 is 1.32 bits per heavy atom. The van der Waals surface area contributed by atoms with E-state index in [9.17, 15) is 9.59 Å². The number of hydrogen-bond acceptors (Lipinski definition) is 3. The molecular formula is C14H19NO4. The Balaban J connectivity index is 2.47. The molecule has 0 unspecified atom stereocenters. The standard InChI is InChI=1S/C14H19NO4/c1-3-19-12-5-4-11(8-10(12)2)9-15-13(16)6-7-14(17)18/h4-5,8H,3,6-7,9H2,1-2H3,(H,15,16)(H,17,18). The highest BCUT2D eigenvalue weighted by Gasteiger charge is 2.06. The average Bonchev–Trinajstić information content (AvgIpc) is 2.37. The van der Waals surface area contributed by atoms with E-state index in [2.05, 4.69) is 5.32 Å². The number of carboxylic acid groups (broad SMARTS) is 1. The van der Waals surface area contributed by atoms with Crippen LogP contribution in [0.1, 0.15) is 30.9 Å². The number of rotatable bonds is 7. The van der Waals surface area contributed by atoms with Gasteiger partial charge in [-0.05, 0) is 31.0 Å². The van der Waals surface area contributed by atoms with Gasteiger partial charge in [-0.25, -0.2) is 0 Å². The van der Waals surface area contributed by atoms with E-state index in [0.29, 0.717) is 13.2 Å². The van der Waals surface area contributed by atoms with Crippen molar-refractivity contribution in [2.24, 2.45) is 0 Å². The molecule has 0 radical (unpaired) electrons. The molecule has 1 aromatic carbocycles. The van der Waals surface area contributed by atoms with Crippen molar-refractivity contribution < 1.29 is 19.4 Å². The highest BCUT2D eigenvalue weighted by molar-refractivity contribution is 5.80. The molecule has 0 atom stereocenters. The van der Waals surface area contributed by atoms with Crippen molar-refractivity contribution in [2.45, 2.75) is 33.2 Å². The molecule has 1 aromatic rings. The van der Waals surface area contributed by atoms with Crippen molar-refractivity contribution in [2.75, 3.05) is 6.61 Å². The summed E-state index contributed by atoms with van der Waals surface area (Å²) in [4.78, 5) is 21.7. The van der Waals surface area contributed by atoms with Gasteiger partial charge in [0.2, 0.25) is 5.91 Å². The largest absolute Gasteiger partial charge is 0.494 e. The van der Waals surface area contributed by atoms with Gasteiger partial charge in [-0.3, -0.25) is 9.59 Å². The maximum Gasteiger partial charge on any atom is 0.303 e. The lowest BCUT2D eigenvalue weighted by atomic mass is 10.1. The normalized spacial score (nSPS) is 10.0. The number of hydrogen-bond donors (Lipinski definition) is 2. The lowest BCUT2D eigenvalue weighted by molar-refractivity contribution is -0.138. The fourth-order valence-corrected chi connectivity index (χ4v) is 1.65. The quantitative estimate of drug-likeness (QED) is 0.789. The molecule has 0 aliphatic rings. The van der Waals surface area contributed by atoms with E-state index in [1.165, 1.54) is 0 Å². The Morgan fingerprint density at radius 3 is 2.63 bits per heavy atom. The predicted molar refractivity (Wildman–Crippen MR) is 71.1 cm³/mol. The predicted octanol–water partition coefficient (Wildman–Crippen LogP) is 1.87. The Labute approximate surface area is 112 Å². The van der Waals surface area contributed by atoms with Crippen molar-refractivity contribution in [3.8, 4) is 5.75 Å². The molecular weight excluding hydrogens is 246 g/mol. The van der Waals surface area contributed by atoms with Crippen LogP contribution in [0.3, 0.4) is 0 Å². The molecule has 0 spiro atoms. The third kappa shape index (κ3) is 5.42. The number of aryl methyl sites for hydroxylation is 1. The summed E-state index contributed by atoms with van der Waals surface area (Å²) in [7, 11) is 0. The van der Waals surface area contributed by atoms with Crippen molar-refractivity contribution >= 4 is 11.9 Å². The van der Waals surface area contributed by atoms with Gasteiger partial charge in [0.1, 0.15) is 5.75 Å². The van der Waals surface area contributed by atoms with Crippen LogP contribution in [0.15, 0.2) is 18.2 Å². The number of nitrogens with one attached hydrogen (secondary N) is 1. The van der Waals surface area contributed by atoms with Crippen LogP contribution in [0.4, 0.5) is 0 Å². The van der Waals surface area contributed by atoms with Crippen molar-refractivity contribution in [1.29, 1.82) is 0 Å². The molecule has 0 aliphatic heterocycles. The van der Waals surface area contributed by atoms with E-state index in [0.717, 1.165) is 16.9 Å². The van der Waals surface area contributed by atoms with E-state index in [1.807, 2.05) is 32.0 Å². The van der Waals surface area contributed by atoms with Crippen LogP contribution < -0.4 is 10.1 Å². The van der Waals surface area contributed by atoms with Gasteiger partial charge in [-0.2, -0.15) is 0 Å². The molecule has 0 aliphatic carbocycles. The van der Waals surface area contributed by atoms with Gasteiger partial charge in [0.25, 0.3) is 0 Å². The fraction of sp³-hybridized carbons (Fsp3) is 0.429. The summed E-state index contributed by atoms with van der Waals surface area (Å²) in [6, 6.07) is 5.70. The monoisotopic (exact) mass is 265 g/mol. The molecule has 104 valence electrons. The van der Waals surface area contributed by atoms with Crippen LogP contribution in [0.5, 0.6) is 5.75 Å². The molecule has 0 aromatic heterocycles. The van der Waals surface area contributed by atoms with E-state index in [1.54, 1.807) is 0 Å². The molecule has 0 bridgehead atoms. The number of aliphatic carboxylic acids is 1. The molecule has 2 N–H and O–H groups in total. The van der Waals surface area contributed by atoms with Crippen LogP contribution in [0.2, 0.25) is 0 Å². The van der Waals surface area contributed by atoms with Crippen molar-refractivity contribution in [3.63, 3.8) is 0 Å². The first-order valence-corrected chi connectivity index (χ1v) is 6.23. The Bertz CT molecular complexity index is 457. The average molecular weight is 265 g/mol. The minimum atomic E-state index is -0.966. The maximum atomic E-state index is 11.4. The van der Waals surface area contributed by atoms with E-state index in [-0.39, 0.29) is 18.7 Å².